The highest BCUT2D eigenvalue weighted by atomic mass is 32.2. The van der Waals surface area contributed by atoms with E-state index in [1.165, 1.54) is 0 Å². The lowest BCUT2D eigenvalue weighted by Gasteiger charge is -2.43. The predicted octanol–water partition coefficient (Wildman–Crippen LogP) is 1.65. The molecule has 140 valence electrons. The number of thioether (sulfide) groups is 1. The number of nitrogens with zero attached hydrogens (tertiary/aromatic N) is 2. The van der Waals surface area contributed by atoms with Gasteiger partial charge in [0.25, 0.3) is 5.91 Å². The minimum absolute atomic E-state index is 0.0184. The smallest absolute Gasteiger partial charge is 0.260 e. The van der Waals surface area contributed by atoms with Crippen molar-refractivity contribution in [2.45, 2.75) is 25.0 Å². The van der Waals surface area contributed by atoms with E-state index in [1.807, 2.05) is 11.8 Å². The molecule has 0 aliphatic carbocycles. The minimum Gasteiger partial charge on any atom is -0.481 e. The first-order valence-electron chi connectivity index (χ1n) is 8.98. The fraction of sp³-hybridized carbons (Fsp3) is 0.579. The molecule has 2 atom stereocenters. The molecule has 1 aromatic carbocycles. The third-order valence-corrected chi connectivity index (χ3v) is 6.24. The van der Waals surface area contributed by atoms with Gasteiger partial charge in [0, 0.05) is 30.9 Å². The van der Waals surface area contributed by atoms with Gasteiger partial charge in [-0.1, -0.05) is 6.07 Å². The molecule has 1 aromatic rings. The molecule has 1 N–H and O–H groups in total. The van der Waals surface area contributed by atoms with Crippen LogP contribution in [0.15, 0.2) is 24.3 Å². The first kappa shape index (κ1) is 19.0. The lowest BCUT2D eigenvalue weighted by atomic mass is 9.95. The number of ether oxygens (including phenoxy) is 2. The second-order valence-corrected chi connectivity index (χ2v) is 7.85. The van der Waals surface area contributed by atoms with Crippen molar-refractivity contribution in [2.24, 2.45) is 0 Å². The van der Waals surface area contributed by atoms with E-state index in [4.69, 9.17) is 14.7 Å². The van der Waals surface area contributed by atoms with Crippen molar-refractivity contribution in [1.82, 2.24) is 10.2 Å². The van der Waals surface area contributed by atoms with Crippen LogP contribution in [0.5, 0.6) is 5.75 Å². The Bertz CT molecular complexity index is 664. The molecule has 0 aromatic heterocycles. The van der Waals surface area contributed by atoms with Crippen LogP contribution in [0.25, 0.3) is 0 Å². The molecule has 2 saturated heterocycles. The van der Waals surface area contributed by atoms with Gasteiger partial charge in [-0.15, -0.1) is 0 Å². The molecule has 3 rings (SSSR count). The van der Waals surface area contributed by atoms with Crippen LogP contribution in [-0.4, -0.2) is 66.8 Å². The first-order valence-corrected chi connectivity index (χ1v) is 10.1. The number of benzene rings is 1. The van der Waals surface area contributed by atoms with Crippen molar-refractivity contribution in [3.63, 3.8) is 0 Å². The number of nitriles is 1. The zero-order chi connectivity index (χ0) is 18.4. The molecular weight excluding hydrogens is 350 g/mol. The predicted molar refractivity (Wildman–Crippen MR) is 101 cm³/mol. The summed E-state index contributed by atoms with van der Waals surface area (Å²) in [6.07, 6.45) is 0.469. The van der Waals surface area contributed by atoms with Gasteiger partial charge in [-0.25, -0.2) is 0 Å². The number of morpholine rings is 1. The third kappa shape index (κ3) is 4.50. The molecule has 0 unspecified atom stereocenters. The van der Waals surface area contributed by atoms with E-state index in [9.17, 15) is 4.79 Å². The summed E-state index contributed by atoms with van der Waals surface area (Å²) >= 11 is 1.95. The second-order valence-electron chi connectivity index (χ2n) is 6.74. The lowest BCUT2D eigenvalue weighted by molar-refractivity contribution is -0.128. The molecule has 7 heteroatoms. The van der Waals surface area contributed by atoms with Crippen molar-refractivity contribution < 1.29 is 14.3 Å². The third-order valence-electron chi connectivity index (χ3n) is 5.00. The van der Waals surface area contributed by atoms with Gasteiger partial charge in [0.2, 0.25) is 0 Å². The molecule has 26 heavy (non-hydrogen) atoms. The molecule has 6 nitrogen and oxygen atoms in total. The van der Waals surface area contributed by atoms with Crippen LogP contribution in [0.4, 0.5) is 0 Å². The molecule has 0 bridgehead atoms. The maximum absolute atomic E-state index is 12.5. The largest absolute Gasteiger partial charge is 0.481 e. The van der Waals surface area contributed by atoms with Gasteiger partial charge in [-0.05, 0) is 37.3 Å². The van der Waals surface area contributed by atoms with Crippen LogP contribution in [0.3, 0.4) is 0 Å². The van der Waals surface area contributed by atoms with Crippen molar-refractivity contribution in [2.75, 3.05) is 44.4 Å². The monoisotopic (exact) mass is 375 g/mol. The first-order chi connectivity index (χ1) is 12.6. The molecule has 2 aliphatic heterocycles. The number of nitrogens with one attached hydrogen (secondary N) is 1. The molecule has 0 spiro atoms. The highest BCUT2D eigenvalue weighted by Gasteiger charge is 2.41. The zero-order valence-corrected chi connectivity index (χ0v) is 15.9. The maximum atomic E-state index is 12.5. The quantitative estimate of drug-likeness (QED) is 0.815. The Morgan fingerprint density at radius 1 is 1.50 bits per heavy atom. The fourth-order valence-electron chi connectivity index (χ4n) is 3.43. The van der Waals surface area contributed by atoms with Crippen LogP contribution < -0.4 is 10.1 Å². The summed E-state index contributed by atoms with van der Waals surface area (Å²) in [6, 6.07) is 8.94. The van der Waals surface area contributed by atoms with Crippen molar-refractivity contribution >= 4 is 17.7 Å². The Morgan fingerprint density at radius 3 is 3.00 bits per heavy atom. The minimum atomic E-state index is -0.611. The van der Waals surface area contributed by atoms with Crippen LogP contribution in [0, 0.1) is 11.3 Å². The Hall–Kier alpha value is -1.75. The summed E-state index contributed by atoms with van der Waals surface area (Å²) in [4.78, 5) is 15.0. The summed E-state index contributed by atoms with van der Waals surface area (Å²) in [5.41, 5.74) is 0.536. The number of carbonyl (C=O) groups is 1. The van der Waals surface area contributed by atoms with Gasteiger partial charge in [0.05, 0.1) is 24.8 Å². The summed E-state index contributed by atoms with van der Waals surface area (Å²) in [5, 5.41) is 12.0. The second kappa shape index (κ2) is 8.76. The van der Waals surface area contributed by atoms with Crippen LogP contribution in [-0.2, 0) is 9.53 Å². The Labute approximate surface area is 158 Å². The standard InChI is InChI=1S/C19H25N3O3S/c1-15(25-17-4-2-3-16(11-17)12-20)18(23)21-13-19(5-10-26-14-19)22-6-8-24-9-7-22/h2-4,11,15H,5-10,13-14H2,1H3,(H,21,23)/t15-,19+/m0/s1. The highest BCUT2D eigenvalue weighted by molar-refractivity contribution is 7.99. The Balaban J connectivity index is 1.56. The van der Waals surface area contributed by atoms with Crippen molar-refractivity contribution in [3.8, 4) is 11.8 Å². The highest BCUT2D eigenvalue weighted by Crippen LogP contribution is 2.33. The van der Waals surface area contributed by atoms with Gasteiger partial charge >= 0.3 is 0 Å². The molecule has 0 radical (unpaired) electrons. The van der Waals surface area contributed by atoms with E-state index in [-0.39, 0.29) is 11.4 Å². The fourth-order valence-corrected chi connectivity index (χ4v) is 4.90. The number of amides is 1. The Morgan fingerprint density at radius 2 is 2.31 bits per heavy atom. The maximum Gasteiger partial charge on any atom is 0.260 e. The number of hydrogen-bond acceptors (Lipinski definition) is 6. The van der Waals surface area contributed by atoms with E-state index in [2.05, 4.69) is 16.3 Å². The van der Waals surface area contributed by atoms with Crippen LogP contribution in [0.2, 0.25) is 0 Å². The van der Waals surface area contributed by atoms with Crippen molar-refractivity contribution in [1.29, 1.82) is 5.26 Å². The van der Waals surface area contributed by atoms with Gasteiger partial charge in [-0.3, -0.25) is 9.69 Å². The van der Waals surface area contributed by atoms with Gasteiger partial charge < -0.3 is 14.8 Å². The molecule has 2 fully saturated rings. The average molecular weight is 375 g/mol. The molecule has 1 amide bonds. The topological polar surface area (TPSA) is 74.6 Å². The number of hydrogen-bond donors (Lipinski definition) is 1. The molecule has 2 aliphatic rings. The Kier molecular flexibility index (Phi) is 6.41. The van der Waals surface area contributed by atoms with Gasteiger partial charge in [-0.2, -0.15) is 17.0 Å². The van der Waals surface area contributed by atoms with E-state index < -0.39 is 6.10 Å². The van der Waals surface area contributed by atoms with E-state index in [0.717, 1.165) is 44.2 Å². The van der Waals surface area contributed by atoms with E-state index >= 15 is 0 Å². The molecular formula is C19H25N3O3S. The zero-order valence-electron chi connectivity index (χ0n) is 15.1. The van der Waals surface area contributed by atoms with Crippen LogP contribution >= 0.6 is 11.8 Å². The number of carbonyl (C=O) groups excluding carboxylic acids is 1. The van der Waals surface area contributed by atoms with Crippen molar-refractivity contribution in [3.05, 3.63) is 29.8 Å². The normalized spacial score (nSPS) is 24.6. The number of rotatable bonds is 6. The summed E-state index contributed by atoms with van der Waals surface area (Å²) in [5.74, 6) is 2.57. The SMILES string of the molecule is C[C@H](Oc1cccc(C#N)c1)C(=O)NC[C@]1(N2CCOCC2)CCSC1. The lowest BCUT2D eigenvalue weighted by Crippen LogP contribution is -2.59. The summed E-state index contributed by atoms with van der Waals surface area (Å²) in [7, 11) is 0. The molecule has 2 heterocycles. The van der Waals surface area contributed by atoms with E-state index in [1.54, 1.807) is 31.2 Å². The summed E-state index contributed by atoms with van der Waals surface area (Å²) < 4.78 is 11.2. The van der Waals surface area contributed by atoms with E-state index in [0.29, 0.717) is 17.9 Å². The average Bonchev–Trinajstić information content (AvgIpc) is 3.17. The summed E-state index contributed by atoms with van der Waals surface area (Å²) in [6.45, 7) is 5.72. The molecule has 0 saturated carbocycles. The van der Waals surface area contributed by atoms with Crippen LogP contribution in [0.1, 0.15) is 18.9 Å². The van der Waals surface area contributed by atoms with Gasteiger partial charge in [0.15, 0.2) is 6.10 Å². The van der Waals surface area contributed by atoms with Gasteiger partial charge in [0.1, 0.15) is 5.75 Å².